The Hall–Kier alpha value is -2.11. The molecule has 6 heteroatoms. The number of amides is 1. The van der Waals surface area contributed by atoms with Crippen molar-refractivity contribution in [1.82, 2.24) is 5.32 Å². The van der Waals surface area contributed by atoms with Crippen LogP contribution in [0.15, 0.2) is 24.3 Å². The van der Waals surface area contributed by atoms with Crippen LogP contribution in [0.3, 0.4) is 0 Å². The molecule has 1 unspecified atom stereocenters. The lowest BCUT2D eigenvalue weighted by Gasteiger charge is -2.18. The van der Waals surface area contributed by atoms with E-state index in [-0.39, 0.29) is 24.5 Å². The number of hydrogen-bond acceptors (Lipinski definition) is 4. The molecule has 0 fully saturated rings. The molecule has 0 radical (unpaired) electrons. The molecule has 0 spiro atoms. The van der Waals surface area contributed by atoms with Crippen molar-refractivity contribution in [2.45, 2.75) is 180 Å². The molecule has 0 aliphatic rings. The summed E-state index contributed by atoms with van der Waals surface area (Å²) in [7, 11) is 0. The first-order valence-electron chi connectivity index (χ1n) is 17.5. The molecule has 0 heterocycles. The molecular formula is C36H65NO5. The van der Waals surface area contributed by atoms with Gasteiger partial charge in [-0.1, -0.05) is 115 Å². The van der Waals surface area contributed by atoms with Gasteiger partial charge in [0.15, 0.2) is 0 Å². The Labute approximate surface area is 258 Å². The number of carboxylic acids is 1. The monoisotopic (exact) mass is 591 g/mol. The van der Waals surface area contributed by atoms with Gasteiger partial charge in [0.2, 0.25) is 5.91 Å². The summed E-state index contributed by atoms with van der Waals surface area (Å²) in [6.07, 6.45) is 36.0. The van der Waals surface area contributed by atoms with Crippen molar-refractivity contribution in [1.29, 1.82) is 0 Å². The maximum Gasteiger partial charge on any atom is 0.322 e. The van der Waals surface area contributed by atoms with E-state index in [9.17, 15) is 14.4 Å². The summed E-state index contributed by atoms with van der Waals surface area (Å²) in [5.41, 5.74) is 0. The third-order valence-electron chi connectivity index (χ3n) is 7.63. The second-order valence-corrected chi connectivity index (χ2v) is 11.8. The van der Waals surface area contributed by atoms with Gasteiger partial charge >= 0.3 is 11.9 Å². The number of rotatable bonds is 31. The third-order valence-corrected chi connectivity index (χ3v) is 7.63. The molecule has 0 saturated heterocycles. The van der Waals surface area contributed by atoms with Gasteiger partial charge in [-0.15, -0.1) is 0 Å². The van der Waals surface area contributed by atoms with E-state index in [0.29, 0.717) is 12.8 Å². The van der Waals surface area contributed by atoms with Crippen LogP contribution in [-0.2, 0) is 19.1 Å². The molecule has 0 saturated carbocycles. The van der Waals surface area contributed by atoms with Crippen LogP contribution in [0.25, 0.3) is 0 Å². The van der Waals surface area contributed by atoms with Crippen molar-refractivity contribution in [3.05, 3.63) is 24.3 Å². The van der Waals surface area contributed by atoms with Crippen molar-refractivity contribution < 1.29 is 24.2 Å². The summed E-state index contributed by atoms with van der Waals surface area (Å²) in [5, 5.41) is 11.0. The van der Waals surface area contributed by atoms with Crippen LogP contribution in [0.2, 0.25) is 0 Å². The number of nitrogens with one attached hydrogen (secondary N) is 1. The smallest absolute Gasteiger partial charge is 0.322 e. The normalized spacial score (nSPS) is 12.2. The van der Waals surface area contributed by atoms with Crippen molar-refractivity contribution in [3.63, 3.8) is 0 Å². The largest absolute Gasteiger partial charge is 0.480 e. The van der Waals surface area contributed by atoms with E-state index in [1.165, 1.54) is 83.5 Å². The minimum absolute atomic E-state index is 0.00379. The second-order valence-electron chi connectivity index (χ2n) is 11.8. The van der Waals surface area contributed by atoms with Gasteiger partial charge in [-0.3, -0.25) is 14.4 Å². The lowest BCUT2D eigenvalue weighted by atomic mass is 10.0. The number of carbonyl (C=O) groups is 3. The average molecular weight is 592 g/mol. The van der Waals surface area contributed by atoms with Crippen molar-refractivity contribution in [2.24, 2.45) is 0 Å². The fourth-order valence-electron chi connectivity index (χ4n) is 5.01. The highest BCUT2D eigenvalue weighted by molar-refractivity contribution is 5.80. The molecule has 1 amide bonds. The van der Waals surface area contributed by atoms with E-state index >= 15 is 0 Å². The predicted molar refractivity (Wildman–Crippen MR) is 176 cm³/mol. The Kier molecular flexibility index (Phi) is 30.2. The summed E-state index contributed by atoms with van der Waals surface area (Å²) in [5.74, 6) is -1.28. The molecule has 2 N–H and O–H groups in total. The number of aliphatic carboxylic acids is 1. The molecule has 244 valence electrons. The molecular weight excluding hydrogens is 526 g/mol. The maximum absolute atomic E-state index is 12.5. The maximum atomic E-state index is 12.5. The zero-order chi connectivity index (χ0) is 30.9. The lowest BCUT2D eigenvalue weighted by Crippen LogP contribution is -2.28. The predicted octanol–water partition coefficient (Wildman–Crippen LogP) is 10.0. The zero-order valence-corrected chi connectivity index (χ0v) is 27.4. The molecule has 0 rings (SSSR count). The molecule has 0 bridgehead atoms. The van der Waals surface area contributed by atoms with Crippen molar-refractivity contribution in [3.8, 4) is 0 Å². The Morgan fingerprint density at radius 2 is 1.10 bits per heavy atom. The lowest BCUT2D eigenvalue weighted by molar-refractivity contribution is -0.150. The molecule has 0 aromatic carbocycles. The molecule has 0 aliphatic heterocycles. The highest BCUT2D eigenvalue weighted by atomic mass is 16.5. The second kappa shape index (κ2) is 31.8. The van der Waals surface area contributed by atoms with Crippen LogP contribution < -0.4 is 5.32 Å². The number of carbonyl (C=O) groups excluding carboxylic acids is 2. The van der Waals surface area contributed by atoms with Gasteiger partial charge in [0.25, 0.3) is 0 Å². The Balaban J connectivity index is 3.89. The fourth-order valence-corrected chi connectivity index (χ4v) is 5.01. The molecule has 1 atom stereocenters. The number of hydrogen-bond donors (Lipinski definition) is 2. The Bertz CT molecular complexity index is 703. The first kappa shape index (κ1) is 39.9. The molecule has 0 aliphatic carbocycles. The van der Waals surface area contributed by atoms with E-state index < -0.39 is 5.97 Å². The highest BCUT2D eigenvalue weighted by Gasteiger charge is 2.14. The number of unbranched alkanes of at least 4 members (excludes halogenated alkanes) is 16. The van der Waals surface area contributed by atoms with Gasteiger partial charge in [0, 0.05) is 12.8 Å². The van der Waals surface area contributed by atoms with E-state index in [1.54, 1.807) is 0 Å². The number of esters is 1. The number of allylic oxidation sites excluding steroid dienone is 4. The molecule has 6 nitrogen and oxygen atoms in total. The van der Waals surface area contributed by atoms with Gasteiger partial charge in [-0.05, 0) is 70.6 Å². The summed E-state index contributed by atoms with van der Waals surface area (Å²) in [6.45, 7) is 4.13. The highest BCUT2D eigenvalue weighted by Crippen LogP contribution is 2.18. The van der Waals surface area contributed by atoms with Gasteiger partial charge < -0.3 is 15.2 Å². The van der Waals surface area contributed by atoms with E-state index in [4.69, 9.17) is 9.84 Å². The summed E-state index contributed by atoms with van der Waals surface area (Å²) < 4.78 is 5.89. The zero-order valence-electron chi connectivity index (χ0n) is 27.4. The topological polar surface area (TPSA) is 92.7 Å². The standard InChI is InChI=1S/C36H65NO5/c1-3-5-7-9-10-11-12-13-14-15-16-17-18-19-20-21-27-31-36(41)42-33(28-24-8-6-4-2)29-25-22-23-26-30-34(38)37-32-35(39)40/h10-11,13-14,33H,3-9,12,15-32H2,1-2H3,(H,37,38)(H,39,40)/b11-10-,14-13-. The van der Waals surface area contributed by atoms with E-state index in [1.807, 2.05) is 0 Å². The first-order chi connectivity index (χ1) is 20.5. The summed E-state index contributed by atoms with van der Waals surface area (Å²) in [6, 6.07) is 0. The van der Waals surface area contributed by atoms with Crippen LogP contribution in [0.1, 0.15) is 174 Å². The van der Waals surface area contributed by atoms with Gasteiger partial charge in [-0.25, -0.2) is 0 Å². The molecule has 0 aromatic heterocycles. The minimum Gasteiger partial charge on any atom is -0.480 e. The average Bonchev–Trinajstić information content (AvgIpc) is 2.97. The van der Waals surface area contributed by atoms with Crippen LogP contribution in [0.5, 0.6) is 0 Å². The van der Waals surface area contributed by atoms with Crippen molar-refractivity contribution in [2.75, 3.05) is 6.54 Å². The fraction of sp³-hybridized carbons (Fsp3) is 0.806. The van der Waals surface area contributed by atoms with Crippen LogP contribution >= 0.6 is 0 Å². The van der Waals surface area contributed by atoms with Gasteiger partial charge in [0.05, 0.1) is 0 Å². The van der Waals surface area contributed by atoms with Crippen LogP contribution in [-0.4, -0.2) is 35.6 Å². The van der Waals surface area contributed by atoms with E-state index in [2.05, 4.69) is 43.5 Å². The molecule has 42 heavy (non-hydrogen) atoms. The van der Waals surface area contributed by atoms with E-state index in [0.717, 1.165) is 64.2 Å². The van der Waals surface area contributed by atoms with Crippen LogP contribution in [0.4, 0.5) is 0 Å². The quantitative estimate of drug-likeness (QED) is 0.0475. The Morgan fingerprint density at radius 1 is 0.619 bits per heavy atom. The van der Waals surface area contributed by atoms with Crippen LogP contribution in [0, 0.1) is 0 Å². The van der Waals surface area contributed by atoms with Gasteiger partial charge in [-0.2, -0.15) is 0 Å². The summed E-state index contributed by atoms with van der Waals surface area (Å²) >= 11 is 0. The van der Waals surface area contributed by atoms with Gasteiger partial charge in [0.1, 0.15) is 12.6 Å². The minimum atomic E-state index is -1.02. The first-order valence-corrected chi connectivity index (χ1v) is 17.5. The third kappa shape index (κ3) is 30.8. The SMILES string of the molecule is CCCCC/C=C\C/C=C\CCCCCCCCCC(=O)OC(CCCCCC)CCCCCCC(=O)NCC(=O)O. The Morgan fingerprint density at radius 3 is 1.69 bits per heavy atom. The molecule has 0 aromatic rings. The van der Waals surface area contributed by atoms with Crippen molar-refractivity contribution >= 4 is 17.8 Å². The number of ether oxygens (including phenoxy) is 1. The number of carboxylic acid groups (broad SMARTS) is 1. The summed E-state index contributed by atoms with van der Waals surface area (Å²) in [4.78, 5) is 34.6.